The van der Waals surface area contributed by atoms with Crippen LogP contribution in [0, 0.1) is 0 Å². The molecule has 2 aliphatic heterocycles. The number of ether oxygens (including phenoxy) is 3. The lowest BCUT2D eigenvalue weighted by Gasteiger charge is -2.16. The number of methoxy groups -OCH3 is 1. The van der Waals surface area contributed by atoms with Crippen molar-refractivity contribution >= 4 is 34.5 Å². The molecule has 2 amide bonds. The van der Waals surface area contributed by atoms with Gasteiger partial charge in [0.25, 0.3) is 5.91 Å². The molecule has 0 fully saturated rings. The average molecular weight is 470 g/mol. The molecule has 9 heteroatoms. The third kappa shape index (κ3) is 3.71. The fraction of sp³-hybridized carbons (Fsp3) is 0.192. The Labute approximate surface area is 200 Å². The van der Waals surface area contributed by atoms with Crippen LogP contribution >= 0.6 is 0 Å². The van der Waals surface area contributed by atoms with Gasteiger partial charge in [-0.2, -0.15) is 0 Å². The predicted octanol–water partition coefficient (Wildman–Crippen LogP) is 3.89. The molecule has 176 valence electrons. The van der Waals surface area contributed by atoms with Crippen molar-refractivity contribution in [2.45, 2.75) is 19.0 Å². The maximum atomic E-state index is 13.6. The third-order valence-electron chi connectivity index (χ3n) is 6.21. The SMILES string of the molecule is COc1ccc(NC(=O)C[C@H]2C(=O)N(Cc3ccc4c(c3)OCO4)c3nc4ccccc4n32)cc1. The maximum absolute atomic E-state index is 13.6. The minimum atomic E-state index is -0.704. The van der Waals surface area contributed by atoms with Gasteiger partial charge in [0, 0.05) is 5.69 Å². The van der Waals surface area contributed by atoms with Gasteiger partial charge in [-0.3, -0.25) is 19.1 Å². The first-order valence-electron chi connectivity index (χ1n) is 11.2. The Morgan fingerprint density at radius 3 is 2.71 bits per heavy atom. The number of anilines is 2. The number of carbonyl (C=O) groups excluding carboxylic acids is 2. The maximum Gasteiger partial charge on any atom is 0.253 e. The average Bonchev–Trinajstić information content (AvgIpc) is 3.55. The van der Waals surface area contributed by atoms with Crippen LogP contribution in [0.1, 0.15) is 18.0 Å². The van der Waals surface area contributed by atoms with Crippen LogP contribution in [0.15, 0.2) is 66.7 Å². The number of nitrogens with zero attached hydrogens (tertiary/aromatic N) is 3. The number of carbonyl (C=O) groups is 2. The Morgan fingerprint density at radius 2 is 1.89 bits per heavy atom. The molecule has 0 radical (unpaired) electrons. The van der Waals surface area contributed by atoms with Crippen LogP contribution in [0.2, 0.25) is 0 Å². The summed E-state index contributed by atoms with van der Waals surface area (Å²) in [6.07, 6.45) is -0.0180. The topological polar surface area (TPSA) is 94.9 Å². The molecule has 3 aromatic carbocycles. The van der Waals surface area contributed by atoms with Crippen molar-refractivity contribution in [3.05, 3.63) is 72.3 Å². The summed E-state index contributed by atoms with van der Waals surface area (Å²) in [7, 11) is 1.58. The predicted molar refractivity (Wildman–Crippen MR) is 129 cm³/mol. The standard InChI is InChI=1S/C26H22N4O5/c1-33-18-9-7-17(8-10-18)27-24(31)13-21-25(32)29(14-16-6-11-22-23(12-16)35-15-34-22)26-28-19-4-2-3-5-20(19)30(21)26/h2-12,21H,13-15H2,1H3,(H,27,31)/t21-/m0/s1. The molecule has 6 rings (SSSR count). The van der Waals surface area contributed by atoms with Crippen LogP contribution in [0.4, 0.5) is 11.6 Å². The van der Waals surface area contributed by atoms with Gasteiger partial charge in [0.05, 0.1) is 31.1 Å². The zero-order valence-electron chi connectivity index (χ0n) is 18.9. The highest BCUT2D eigenvalue weighted by molar-refractivity contribution is 6.05. The minimum absolute atomic E-state index is 0.0180. The Morgan fingerprint density at radius 1 is 1.09 bits per heavy atom. The lowest BCUT2D eigenvalue weighted by Crippen LogP contribution is -2.31. The van der Waals surface area contributed by atoms with Gasteiger partial charge < -0.3 is 19.5 Å². The van der Waals surface area contributed by atoms with E-state index in [4.69, 9.17) is 19.2 Å². The van der Waals surface area contributed by atoms with Crippen molar-refractivity contribution in [3.8, 4) is 17.2 Å². The zero-order chi connectivity index (χ0) is 23.9. The number of nitrogens with one attached hydrogen (secondary N) is 1. The van der Waals surface area contributed by atoms with Crippen LogP contribution in [-0.2, 0) is 16.1 Å². The van der Waals surface area contributed by atoms with Gasteiger partial charge in [0.2, 0.25) is 18.6 Å². The quantitative estimate of drug-likeness (QED) is 0.460. The highest BCUT2D eigenvalue weighted by Crippen LogP contribution is 2.39. The Kier molecular flexibility index (Phi) is 5.02. The van der Waals surface area contributed by atoms with E-state index in [1.807, 2.05) is 47.0 Å². The van der Waals surface area contributed by atoms with Crippen molar-refractivity contribution in [2.24, 2.45) is 0 Å². The lowest BCUT2D eigenvalue weighted by molar-refractivity contribution is -0.124. The van der Waals surface area contributed by atoms with E-state index in [2.05, 4.69) is 5.32 Å². The van der Waals surface area contributed by atoms with Gasteiger partial charge in [0.1, 0.15) is 11.8 Å². The molecule has 2 aliphatic rings. The van der Waals surface area contributed by atoms with Crippen molar-refractivity contribution in [3.63, 3.8) is 0 Å². The van der Waals surface area contributed by atoms with E-state index in [0.29, 0.717) is 35.4 Å². The van der Waals surface area contributed by atoms with Gasteiger partial charge in [-0.1, -0.05) is 18.2 Å². The first-order chi connectivity index (χ1) is 17.1. The fourth-order valence-electron chi connectivity index (χ4n) is 4.53. The van der Waals surface area contributed by atoms with Crippen molar-refractivity contribution in [2.75, 3.05) is 24.1 Å². The van der Waals surface area contributed by atoms with Gasteiger partial charge in [-0.05, 0) is 54.1 Å². The fourth-order valence-corrected chi connectivity index (χ4v) is 4.53. The monoisotopic (exact) mass is 470 g/mol. The first kappa shape index (κ1) is 21.0. The van der Waals surface area contributed by atoms with E-state index >= 15 is 0 Å². The Hall–Kier alpha value is -4.53. The molecule has 3 heterocycles. The van der Waals surface area contributed by atoms with Crippen LogP contribution < -0.4 is 24.4 Å². The van der Waals surface area contributed by atoms with Gasteiger partial charge in [-0.25, -0.2) is 4.98 Å². The number of hydrogen-bond acceptors (Lipinski definition) is 6. The summed E-state index contributed by atoms with van der Waals surface area (Å²) in [6, 6.07) is 19.6. The summed E-state index contributed by atoms with van der Waals surface area (Å²) in [5.74, 6) is 2.11. The number of hydrogen-bond donors (Lipinski definition) is 1. The molecule has 0 saturated carbocycles. The first-order valence-corrected chi connectivity index (χ1v) is 11.2. The number of para-hydroxylation sites is 2. The van der Waals surface area contributed by atoms with E-state index in [0.717, 1.165) is 16.6 Å². The molecule has 0 aliphatic carbocycles. The molecule has 0 spiro atoms. The molecular weight excluding hydrogens is 448 g/mol. The van der Waals surface area contributed by atoms with E-state index in [1.165, 1.54) is 0 Å². The molecule has 1 atom stereocenters. The molecule has 1 N–H and O–H groups in total. The lowest BCUT2D eigenvalue weighted by atomic mass is 10.1. The summed E-state index contributed by atoms with van der Waals surface area (Å²) < 4.78 is 17.9. The molecule has 1 aromatic heterocycles. The van der Waals surface area contributed by atoms with Crippen LogP contribution in [0.5, 0.6) is 17.2 Å². The van der Waals surface area contributed by atoms with Crippen molar-refractivity contribution in [1.29, 1.82) is 0 Å². The van der Waals surface area contributed by atoms with Crippen LogP contribution in [-0.4, -0.2) is 35.3 Å². The molecule has 35 heavy (non-hydrogen) atoms. The normalized spacial score (nSPS) is 16.0. The number of amides is 2. The summed E-state index contributed by atoms with van der Waals surface area (Å²) in [5.41, 5.74) is 3.09. The van der Waals surface area contributed by atoms with E-state index in [9.17, 15) is 9.59 Å². The molecule has 0 saturated heterocycles. The summed E-state index contributed by atoms with van der Waals surface area (Å²) >= 11 is 0. The largest absolute Gasteiger partial charge is 0.497 e. The van der Waals surface area contributed by atoms with Gasteiger partial charge in [-0.15, -0.1) is 0 Å². The van der Waals surface area contributed by atoms with E-state index in [1.54, 1.807) is 36.3 Å². The Balaban J connectivity index is 1.29. The highest BCUT2D eigenvalue weighted by atomic mass is 16.7. The second-order valence-electron chi connectivity index (χ2n) is 8.38. The minimum Gasteiger partial charge on any atom is -0.497 e. The van der Waals surface area contributed by atoms with Crippen molar-refractivity contribution in [1.82, 2.24) is 9.55 Å². The molecule has 9 nitrogen and oxygen atoms in total. The number of fused-ring (bicyclic) bond motifs is 4. The summed E-state index contributed by atoms with van der Waals surface area (Å²) in [5, 5.41) is 2.88. The molecule has 0 unspecified atom stereocenters. The Bertz CT molecular complexity index is 1450. The molecular formula is C26H22N4O5. The second kappa shape index (κ2) is 8.35. The van der Waals surface area contributed by atoms with Crippen LogP contribution in [0.25, 0.3) is 11.0 Å². The number of aromatic nitrogens is 2. The smallest absolute Gasteiger partial charge is 0.253 e. The van der Waals surface area contributed by atoms with Gasteiger partial charge in [0.15, 0.2) is 11.5 Å². The van der Waals surface area contributed by atoms with Gasteiger partial charge >= 0.3 is 0 Å². The zero-order valence-corrected chi connectivity index (χ0v) is 18.9. The highest BCUT2D eigenvalue weighted by Gasteiger charge is 2.41. The molecule has 0 bridgehead atoms. The summed E-state index contributed by atoms with van der Waals surface area (Å²) in [6.45, 7) is 0.484. The van der Waals surface area contributed by atoms with Crippen LogP contribution in [0.3, 0.4) is 0 Å². The summed E-state index contributed by atoms with van der Waals surface area (Å²) in [4.78, 5) is 32.9. The number of benzene rings is 3. The van der Waals surface area contributed by atoms with E-state index < -0.39 is 6.04 Å². The van der Waals surface area contributed by atoms with E-state index in [-0.39, 0.29) is 25.0 Å². The second-order valence-corrected chi connectivity index (χ2v) is 8.38. The third-order valence-corrected chi connectivity index (χ3v) is 6.21. The molecule has 4 aromatic rings. The number of rotatable bonds is 6. The number of imidazole rings is 1. The van der Waals surface area contributed by atoms with Crippen molar-refractivity contribution < 1.29 is 23.8 Å².